The Balaban J connectivity index is 1.40. The van der Waals surface area contributed by atoms with Crippen molar-refractivity contribution >= 4 is 54.8 Å². The van der Waals surface area contributed by atoms with Crippen molar-refractivity contribution < 1.29 is 8.53 Å². The minimum absolute atomic E-state index is 0.195. The summed E-state index contributed by atoms with van der Waals surface area (Å²) in [5.74, 6) is 1.08. The highest BCUT2D eigenvalue weighted by atomic mass is 16.3. The van der Waals surface area contributed by atoms with Crippen LogP contribution < -0.4 is 0 Å². The van der Waals surface area contributed by atoms with Crippen molar-refractivity contribution in [3.63, 3.8) is 0 Å². The number of benzene rings is 6. The van der Waals surface area contributed by atoms with Gasteiger partial charge in [0.2, 0.25) is 5.71 Å². The summed E-state index contributed by atoms with van der Waals surface area (Å²) in [6.07, 6.45) is 0. The van der Waals surface area contributed by atoms with E-state index in [0.29, 0.717) is 33.5 Å². The fourth-order valence-electron chi connectivity index (χ4n) is 7.43. The summed E-state index contributed by atoms with van der Waals surface area (Å²) in [7, 11) is 0. The fraction of sp³-hybridized carbons (Fsp3) is 0.156. The Morgan fingerprint density at radius 2 is 1.37 bits per heavy atom. The largest absolute Gasteiger partial charge is 0.437 e. The summed E-state index contributed by atoms with van der Waals surface area (Å²) in [4.78, 5) is 10.4. The number of nitrogens with zero attached hydrogens (tertiary/aromatic N) is 3. The van der Waals surface area contributed by atoms with E-state index >= 15 is 0 Å². The Labute approximate surface area is 289 Å². The van der Waals surface area contributed by atoms with E-state index in [0.717, 1.165) is 38.4 Å². The van der Waals surface area contributed by atoms with Crippen LogP contribution in [-0.4, -0.2) is 14.5 Å². The minimum atomic E-state index is -2.38. The van der Waals surface area contributed by atoms with E-state index in [-0.39, 0.29) is 17.4 Å². The maximum atomic E-state index is 8.57. The number of imidazole rings is 1. The number of hydrogen-bond acceptors (Lipinski definition) is 3. The van der Waals surface area contributed by atoms with Crippen molar-refractivity contribution in [3.05, 3.63) is 138 Å². The number of rotatable bonds is 5. The van der Waals surface area contributed by atoms with Crippen LogP contribution in [0.5, 0.6) is 0 Å². The molecule has 0 spiro atoms. The molecule has 0 fully saturated rings. The van der Waals surface area contributed by atoms with Crippen LogP contribution >= 0.6 is 0 Å². The van der Waals surface area contributed by atoms with E-state index in [1.54, 1.807) is 6.07 Å². The molecule has 6 aromatic carbocycles. The predicted molar refractivity (Wildman–Crippen MR) is 205 cm³/mol. The molecule has 0 unspecified atom stereocenters. The second kappa shape index (κ2) is 11.2. The van der Waals surface area contributed by atoms with Crippen LogP contribution in [0.25, 0.3) is 83.0 Å². The lowest BCUT2D eigenvalue weighted by Gasteiger charge is -2.24. The maximum Gasteiger partial charge on any atom is 0.227 e. The average molecular weight is 639 g/mol. The normalized spacial score (nSPS) is 13.3. The Bertz CT molecular complexity index is 2820. The molecule has 3 heterocycles. The van der Waals surface area contributed by atoms with E-state index in [1.165, 1.54) is 22.3 Å². The highest BCUT2D eigenvalue weighted by Crippen LogP contribution is 2.43. The molecular weight excluding hydrogens is 599 g/mol. The second-order valence-electron chi connectivity index (χ2n) is 13.6. The number of aryl methyl sites for hydroxylation is 1. The average Bonchev–Trinajstić information content (AvgIpc) is 3.71. The molecule has 0 aliphatic heterocycles. The summed E-state index contributed by atoms with van der Waals surface area (Å²) < 4.78 is 34.7. The van der Waals surface area contributed by atoms with Crippen LogP contribution in [0.4, 0.5) is 0 Å². The molecule has 0 saturated heterocycles. The van der Waals surface area contributed by atoms with Crippen molar-refractivity contribution in [2.75, 3.05) is 0 Å². The van der Waals surface area contributed by atoms with Gasteiger partial charge in [0.15, 0.2) is 0 Å². The Kier molecular flexibility index (Phi) is 5.98. The van der Waals surface area contributed by atoms with E-state index in [2.05, 4.69) is 92.9 Å². The Morgan fingerprint density at radius 1 is 0.653 bits per heavy atom. The first-order valence-electron chi connectivity index (χ1n) is 18.5. The number of para-hydroxylation sites is 2. The van der Waals surface area contributed by atoms with Crippen molar-refractivity contribution in [2.45, 2.75) is 46.4 Å². The zero-order valence-corrected chi connectivity index (χ0v) is 28.0. The molecular formula is C45H37N3O. The van der Waals surface area contributed by atoms with Crippen LogP contribution in [0.15, 0.2) is 126 Å². The summed E-state index contributed by atoms with van der Waals surface area (Å²) in [5.41, 5.74) is 10.3. The number of aromatic nitrogens is 3. The van der Waals surface area contributed by atoms with Crippen LogP contribution in [0.2, 0.25) is 0 Å². The maximum absolute atomic E-state index is 8.57. The highest BCUT2D eigenvalue weighted by Gasteiger charge is 2.26. The molecule has 9 rings (SSSR count). The van der Waals surface area contributed by atoms with Crippen molar-refractivity contribution in [2.24, 2.45) is 0 Å². The minimum Gasteiger partial charge on any atom is -0.437 e. The monoisotopic (exact) mass is 638 g/mol. The standard InChI is InChI=1S/C45H37N3O/c1-26(2)35-24-32(29-13-7-6-8-14-29)25-36(27(3)4)42(35)48-39-18-12-11-17-38(39)46-44(48)34-22-19-28(5)40-37-23-31-21-20-30-15-9-10-16-33(30)41(31)47-45(37)49-43(34)40/h6-27H,1-5H3/i5D3. The third-order valence-electron chi connectivity index (χ3n) is 9.85. The molecule has 0 aliphatic rings. The number of hydrogen-bond donors (Lipinski definition) is 0. The summed E-state index contributed by atoms with van der Waals surface area (Å²) >= 11 is 0. The third-order valence-corrected chi connectivity index (χ3v) is 9.85. The third kappa shape index (κ3) is 4.58. The van der Waals surface area contributed by atoms with Gasteiger partial charge in [-0.3, -0.25) is 4.57 Å². The van der Waals surface area contributed by atoms with Gasteiger partial charge in [0, 0.05) is 25.7 Å². The molecule has 0 aliphatic carbocycles. The van der Waals surface area contributed by atoms with E-state index in [1.807, 2.05) is 54.6 Å². The van der Waals surface area contributed by atoms with Gasteiger partial charge in [-0.15, -0.1) is 0 Å². The SMILES string of the molecule is [2H]C([2H])([2H])c1ccc(-c2nc3ccccc3n2-c2c(C(C)C)cc(-c3ccccc3)cc2C(C)C)c2oc3nc4c(ccc5ccccc54)cc3c12. The highest BCUT2D eigenvalue weighted by molar-refractivity contribution is 6.15. The molecule has 4 heteroatoms. The van der Waals surface area contributed by atoms with Gasteiger partial charge in [-0.1, -0.05) is 113 Å². The van der Waals surface area contributed by atoms with E-state index in [9.17, 15) is 0 Å². The molecule has 0 N–H and O–H groups in total. The molecule has 0 radical (unpaired) electrons. The van der Waals surface area contributed by atoms with Gasteiger partial charge in [0.1, 0.15) is 11.4 Å². The fourth-order valence-corrected chi connectivity index (χ4v) is 7.43. The van der Waals surface area contributed by atoms with Crippen LogP contribution in [-0.2, 0) is 0 Å². The number of pyridine rings is 1. The predicted octanol–water partition coefficient (Wildman–Crippen LogP) is 12.5. The van der Waals surface area contributed by atoms with Crippen molar-refractivity contribution in [1.82, 2.24) is 14.5 Å². The lowest BCUT2D eigenvalue weighted by atomic mass is 9.88. The van der Waals surface area contributed by atoms with Gasteiger partial charge >= 0.3 is 0 Å². The molecule has 0 atom stereocenters. The van der Waals surface area contributed by atoms with Gasteiger partial charge in [-0.25, -0.2) is 9.97 Å². The zero-order chi connectivity index (χ0) is 35.9. The molecule has 4 nitrogen and oxygen atoms in total. The molecule has 238 valence electrons. The first-order valence-corrected chi connectivity index (χ1v) is 17.0. The molecule has 9 aromatic rings. The number of fused-ring (bicyclic) bond motifs is 7. The Morgan fingerprint density at radius 3 is 2.14 bits per heavy atom. The van der Waals surface area contributed by atoms with E-state index < -0.39 is 6.85 Å². The molecule has 0 saturated carbocycles. The first-order chi connectivity index (χ1) is 25.1. The quantitative estimate of drug-likeness (QED) is 0.176. The van der Waals surface area contributed by atoms with E-state index in [4.69, 9.17) is 18.5 Å². The van der Waals surface area contributed by atoms with Gasteiger partial charge in [-0.05, 0) is 88.3 Å². The first kappa shape index (κ1) is 26.2. The van der Waals surface area contributed by atoms with Crippen LogP contribution in [0.3, 0.4) is 0 Å². The van der Waals surface area contributed by atoms with Gasteiger partial charge in [0.05, 0.1) is 27.8 Å². The van der Waals surface area contributed by atoms with Crippen molar-refractivity contribution in [3.8, 4) is 28.2 Å². The Hall–Kier alpha value is -5.74. The lowest BCUT2D eigenvalue weighted by molar-refractivity contribution is 0.656. The smallest absolute Gasteiger partial charge is 0.227 e. The van der Waals surface area contributed by atoms with Crippen LogP contribution in [0, 0.1) is 6.85 Å². The van der Waals surface area contributed by atoms with Crippen molar-refractivity contribution in [1.29, 1.82) is 0 Å². The molecule has 49 heavy (non-hydrogen) atoms. The molecule has 0 amide bonds. The zero-order valence-electron chi connectivity index (χ0n) is 31.0. The van der Waals surface area contributed by atoms with Crippen LogP contribution in [0.1, 0.15) is 60.3 Å². The van der Waals surface area contributed by atoms with Gasteiger partial charge in [0.25, 0.3) is 0 Å². The van der Waals surface area contributed by atoms with Gasteiger partial charge in [-0.2, -0.15) is 0 Å². The molecule has 0 bridgehead atoms. The lowest BCUT2D eigenvalue weighted by Crippen LogP contribution is -2.09. The van der Waals surface area contributed by atoms with Gasteiger partial charge < -0.3 is 4.42 Å². The summed E-state index contributed by atoms with van der Waals surface area (Å²) in [5, 5.41) is 4.23. The second-order valence-corrected chi connectivity index (χ2v) is 13.6. The summed E-state index contributed by atoms with van der Waals surface area (Å²) in [6, 6.07) is 41.2. The number of furan rings is 1. The summed E-state index contributed by atoms with van der Waals surface area (Å²) in [6.45, 7) is 6.56. The molecule has 3 aromatic heterocycles. The topological polar surface area (TPSA) is 43.9 Å².